The van der Waals surface area contributed by atoms with Crippen molar-refractivity contribution in [2.24, 2.45) is 0 Å². The van der Waals surface area contributed by atoms with Crippen molar-refractivity contribution in [3.8, 4) is 22.0 Å². The van der Waals surface area contributed by atoms with Crippen LogP contribution in [0.25, 0.3) is 32.2 Å². The zero-order valence-electron chi connectivity index (χ0n) is 14.1. The fourth-order valence-electron chi connectivity index (χ4n) is 2.57. The fourth-order valence-corrected chi connectivity index (χ4v) is 4.84. The van der Waals surface area contributed by atoms with Crippen molar-refractivity contribution in [2.75, 3.05) is 5.73 Å². The van der Waals surface area contributed by atoms with Gasteiger partial charge >= 0.3 is 5.97 Å². The second kappa shape index (κ2) is 6.79. The van der Waals surface area contributed by atoms with Crippen LogP contribution in [0.1, 0.15) is 23.5 Å². The van der Waals surface area contributed by atoms with Crippen LogP contribution in [0.2, 0.25) is 0 Å². The first-order chi connectivity index (χ1) is 12.5. The molecule has 26 heavy (non-hydrogen) atoms. The molecule has 8 heteroatoms. The van der Waals surface area contributed by atoms with Gasteiger partial charge in [0.05, 0.1) is 27.7 Å². The van der Waals surface area contributed by atoms with E-state index in [2.05, 4.69) is 4.98 Å². The number of hydrogen-bond acceptors (Lipinski definition) is 8. The van der Waals surface area contributed by atoms with Gasteiger partial charge in [0.2, 0.25) is 0 Å². The largest absolute Gasteiger partial charge is 0.459 e. The number of nitrogens with zero attached hydrogens (tertiary/aromatic N) is 2. The third-order valence-electron chi connectivity index (χ3n) is 3.65. The summed E-state index contributed by atoms with van der Waals surface area (Å²) in [5.41, 5.74) is 8.42. The van der Waals surface area contributed by atoms with Crippen LogP contribution in [0.4, 0.5) is 5.69 Å². The third-order valence-corrected chi connectivity index (χ3v) is 6.28. The number of esters is 1. The van der Waals surface area contributed by atoms with Crippen molar-refractivity contribution in [2.45, 2.75) is 20.0 Å². The number of aromatic nitrogens is 2. The van der Waals surface area contributed by atoms with Crippen LogP contribution in [0.15, 0.2) is 34.3 Å². The lowest BCUT2D eigenvalue weighted by atomic mass is 10.1. The Bertz CT molecular complexity index is 1070. The van der Waals surface area contributed by atoms with Crippen LogP contribution in [0.5, 0.6) is 0 Å². The number of anilines is 1. The van der Waals surface area contributed by atoms with Gasteiger partial charge in [-0.05, 0) is 36.7 Å². The van der Waals surface area contributed by atoms with E-state index in [9.17, 15) is 4.79 Å². The highest BCUT2D eigenvalue weighted by atomic mass is 32.1. The number of nitrogens with two attached hydrogens (primary N) is 1. The predicted octanol–water partition coefficient (Wildman–Crippen LogP) is 5.30. The smallest absolute Gasteiger partial charge is 0.350 e. The number of ether oxygens (including phenoxy) is 1. The van der Waals surface area contributed by atoms with Crippen LogP contribution in [0.3, 0.4) is 0 Å². The molecule has 5 nitrogen and oxygen atoms in total. The van der Waals surface area contributed by atoms with E-state index in [0.717, 1.165) is 16.1 Å². The Balaban J connectivity index is 1.96. The maximum Gasteiger partial charge on any atom is 0.350 e. The average Bonchev–Trinajstić information content (AvgIpc) is 3.35. The van der Waals surface area contributed by atoms with Crippen LogP contribution < -0.4 is 5.73 Å². The highest BCUT2D eigenvalue weighted by molar-refractivity contribution is 7.21. The summed E-state index contributed by atoms with van der Waals surface area (Å²) in [6, 6.07) is 5.94. The highest BCUT2D eigenvalue weighted by Crippen LogP contribution is 2.40. The molecule has 0 bridgehead atoms. The summed E-state index contributed by atoms with van der Waals surface area (Å²) >= 11 is 4.42. The molecular weight excluding hydrogens is 386 g/mol. The van der Waals surface area contributed by atoms with E-state index in [-0.39, 0.29) is 6.10 Å². The summed E-state index contributed by atoms with van der Waals surface area (Å²) < 4.78 is 5.33. The number of carbonyl (C=O) groups is 1. The number of hydrogen-bond donors (Lipinski definition) is 1. The maximum absolute atomic E-state index is 12.4. The average molecular weight is 402 g/mol. The molecular formula is C18H15N3O2S3. The molecule has 2 N–H and O–H groups in total. The Kier molecular flexibility index (Phi) is 4.47. The van der Waals surface area contributed by atoms with Gasteiger partial charge in [0.1, 0.15) is 9.71 Å². The van der Waals surface area contributed by atoms with Gasteiger partial charge in [0.25, 0.3) is 0 Å². The number of rotatable bonds is 4. The zero-order chi connectivity index (χ0) is 18.3. The molecule has 0 spiro atoms. The molecule has 0 atom stereocenters. The molecule has 0 aliphatic rings. The monoisotopic (exact) mass is 401 g/mol. The Labute approximate surface area is 162 Å². The molecule has 0 saturated heterocycles. The molecule has 0 fully saturated rings. The van der Waals surface area contributed by atoms with Crippen molar-refractivity contribution in [3.63, 3.8) is 0 Å². The highest BCUT2D eigenvalue weighted by Gasteiger charge is 2.24. The Morgan fingerprint density at radius 2 is 2.08 bits per heavy atom. The topological polar surface area (TPSA) is 78.1 Å². The molecule has 132 valence electrons. The number of fused-ring (bicyclic) bond motifs is 1. The van der Waals surface area contributed by atoms with E-state index >= 15 is 0 Å². The minimum atomic E-state index is -0.422. The molecule has 0 radical (unpaired) electrons. The van der Waals surface area contributed by atoms with E-state index in [0.29, 0.717) is 26.6 Å². The number of thiophene rings is 3. The van der Waals surface area contributed by atoms with Gasteiger partial charge in [0, 0.05) is 10.9 Å². The zero-order valence-corrected chi connectivity index (χ0v) is 16.5. The second-order valence-corrected chi connectivity index (χ2v) is 8.59. The van der Waals surface area contributed by atoms with Crippen molar-refractivity contribution in [3.05, 3.63) is 39.2 Å². The molecule has 4 aromatic rings. The quantitative estimate of drug-likeness (QED) is 0.470. The summed E-state index contributed by atoms with van der Waals surface area (Å²) in [5.74, 6) is 0.216. The SMILES string of the molecule is CC(C)OC(=O)c1sc2nc(-c3cccs3)nc(-c3ccsc3)c2c1N. The van der Waals surface area contributed by atoms with Crippen molar-refractivity contribution >= 4 is 55.9 Å². The summed E-state index contributed by atoms with van der Waals surface area (Å²) in [6.07, 6.45) is -0.212. The Hall–Kier alpha value is -2.29. The molecule has 0 aliphatic carbocycles. The van der Waals surface area contributed by atoms with Crippen LogP contribution in [-0.2, 0) is 4.74 Å². The third kappa shape index (κ3) is 3.00. The van der Waals surface area contributed by atoms with Crippen molar-refractivity contribution in [1.82, 2.24) is 9.97 Å². The van der Waals surface area contributed by atoms with Gasteiger partial charge in [-0.3, -0.25) is 0 Å². The van der Waals surface area contributed by atoms with E-state index in [4.69, 9.17) is 15.5 Å². The van der Waals surface area contributed by atoms with Crippen LogP contribution in [-0.4, -0.2) is 22.0 Å². The lowest BCUT2D eigenvalue weighted by Crippen LogP contribution is -2.11. The summed E-state index contributed by atoms with van der Waals surface area (Å²) in [6.45, 7) is 3.62. The van der Waals surface area contributed by atoms with E-state index < -0.39 is 5.97 Å². The minimum Gasteiger partial charge on any atom is -0.459 e. The number of nitrogen functional groups attached to an aromatic ring is 1. The maximum atomic E-state index is 12.4. The molecule has 0 unspecified atom stereocenters. The molecule has 0 amide bonds. The molecule has 4 rings (SSSR count). The fraction of sp³-hybridized carbons (Fsp3) is 0.167. The van der Waals surface area contributed by atoms with E-state index in [1.54, 1.807) is 22.7 Å². The van der Waals surface area contributed by atoms with Crippen LogP contribution >= 0.6 is 34.0 Å². The normalized spacial score (nSPS) is 11.3. The summed E-state index contributed by atoms with van der Waals surface area (Å²) in [7, 11) is 0. The molecule has 0 saturated carbocycles. The summed E-state index contributed by atoms with van der Waals surface area (Å²) in [4.78, 5) is 23.9. The van der Waals surface area contributed by atoms with E-state index in [1.165, 1.54) is 11.3 Å². The standard InChI is InChI=1S/C18H15N3O2S3/c1-9(2)23-18(22)15-13(19)12-14(10-5-7-24-8-10)20-16(21-17(12)26-15)11-4-3-6-25-11/h3-9H,19H2,1-2H3. The van der Waals surface area contributed by atoms with Crippen molar-refractivity contribution in [1.29, 1.82) is 0 Å². The Morgan fingerprint density at radius 1 is 1.23 bits per heavy atom. The summed E-state index contributed by atoms with van der Waals surface area (Å²) in [5, 5.41) is 6.71. The van der Waals surface area contributed by atoms with Gasteiger partial charge in [-0.25, -0.2) is 14.8 Å². The minimum absolute atomic E-state index is 0.212. The number of carbonyl (C=O) groups excluding carboxylic acids is 1. The van der Waals surface area contributed by atoms with Crippen LogP contribution in [0, 0.1) is 0 Å². The second-order valence-electron chi connectivity index (χ2n) is 5.86. The first kappa shape index (κ1) is 17.1. The van der Waals surface area contributed by atoms with Gasteiger partial charge in [-0.15, -0.1) is 22.7 Å². The lowest BCUT2D eigenvalue weighted by molar-refractivity contribution is 0.0385. The van der Waals surface area contributed by atoms with Gasteiger partial charge < -0.3 is 10.5 Å². The first-order valence-corrected chi connectivity index (χ1v) is 10.6. The lowest BCUT2D eigenvalue weighted by Gasteiger charge is -2.07. The molecule has 0 aliphatic heterocycles. The first-order valence-electron chi connectivity index (χ1n) is 7.92. The van der Waals surface area contributed by atoms with Gasteiger partial charge in [0.15, 0.2) is 5.82 Å². The van der Waals surface area contributed by atoms with E-state index in [1.807, 2.05) is 48.2 Å². The van der Waals surface area contributed by atoms with Gasteiger partial charge in [-0.1, -0.05) is 6.07 Å². The Morgan fingerprint density at radius 3 is 2.73 bits per heavy atom. The molecule has 0 aromatic carbocycles. The van der Waals surface area contributed by atoms with Gasteiger partial charge in [-0.2, -0.15) is 11.3 Å². The predicted molar refractivity (Wildman–Crippen MR) is 109 cm³/mol. The molecule has 4 heterocycles. The van der Waals surface area contributed by atoms with Crippen molar-refractivity contribution < 1.29 is 9.53 Å². The molecule has 4 aromatic heterocycles.